The van der Waals surface area contributed by atoms with Gasteiger partial charge in [0.1, 0.15) is 10.6 Å². The van der Waals surface area contributed by atoms with Crippen LogP contribution in [0.5, 0.6) is 0 Å². The number of nitrogens with zero attached hydrogens (tertiary/aromatic N) is 1. The lowest BCUT2D eigenvalue weighted by Crippen LogP contribution is -2.22. The molecular weight excluding hydrogens is 289 g/mol. The van der Waals surface area contributed by atoms with Crippen molar-refractivity contribution in [2.75, 3.05) is 5.75 Å². The van der Waals surface area contributed by atoms with Gasteiger partial charge in [-0.15, -0.1) is 11.8 Å². The van der Waals surface area contributed by atoms with Gasteiger partial charge < -0.3 is 0 Å². The molecule has 1 saturated heterocycles. The van der Waals surface area contributed by atoms with Crippen molar-refractivity contribution < 1.29 is 4.39 Å². The highest BCUT2D eigenvalue weighted by molar-refractivity contribution is 9.10. The maximum atomic E-state index is 13.7. The molecular formula is C12H11BrFNS. The average Bonchev–Trinajstić information content (AvgIpc) is 2.72. The van der Waals surface area contributed by atoms with Gasteiger partial charge in [-0.25, -0.2) is 4.39 Å². The van der Waals surface area contributed by atoms with E-state index in [1.54, 1.807) is 17.8 Å². The highest BCUT2D eigenvalue weighted by Crippen LogP contribution is 2.40. The van der Waals surface area contributed by atoms with Crippen LogP contribution in [-0.4, -0.2) is 10.5 Å². The van der Waals surface area contributed by atoms with Crippen molar-refractivity contribution in [1.29, 1.82) is 5.26 Å². The van der Waals surface area contributed by atoms with E-state index in [-0.39, 0.29) is 5.82 Å². The van der Waals surface area contributed by atoms with Crippen molar-refractivity contribution in [3.63, 3.8) is 0 Å². The standard InChI is InChI=1S/C12H11BrFNS/c13-10-3-2-9(11(14)6-10)7-12(8-15)4-1-5-16-12/h2-3,6H,1,4-5,7H2. The molecule has 1 nitrogen and oxygen atoms in total. The number of nitriles is 1. The van der Waals surface area contributed by atoms with E-state index in [0.29, 0.717) is 12.0 Å². The summed E-state index contributed by atoms with van der Waals surface area (Å²) in [6, 6.07) is 7.39. The van der Waals surface area contributed by atoms with Crippen LogP contribution in [0.1, 0.15) is 18.4 Å². The van der Waals surface area contributed by atoms with E-state index in [1.807, 2.05) is 6.07 Å². The third kappa shape index (κ3) is 2.41. The van der Waals surface area contributed by atoms with Crippen LogP contribution in [0.25, 0.3) is 0 Å². The first-order valence-electron chi connectivity index (χ1n) is 5.14. The van der Waals surface area contributed by atoms with E-state index in [9.17, 15) is 9.65 Å². The molecule has 0 N–H and O–H groups in total. The topological polar surface area (TPSA) is 23.8 Å². The zero-order valence-electron chi connectivity index (χ0n) is 8.67. The van der Waals surface area contributed by atoms with Crippen LogP contribution < -0.4 is 0 Å². The SMILES string of the molecule is N#CC1(Cc2ccc(Br)cc2F)CCCS1. The molecule has 1 aromatic rings. The van der Waals surface area contributed by atoms with Crippen molar-refractivity contribution in [1.82, 2.24) is 0 Å². The molecule has 4 heteroatoms. The summed E-state index contributed by atoms with van der Waals surface area (Å²) in [5.74, 6) is 0.780. The van der Waals surface area contributed by atoms with E-state index >= 15 is 0 Å². The second kappa shape index (κ2) is 4.77. The molecule has 0 spiro atoms. The van der Waals surface area contributed by atoms with Gasteiger partial charge in [0.25, 0.3) is 0 Å². The van der Waals surface area contributed by atoms with Crippen LogP contribution in [0, 0.1) is 17.1 Å². The van der Waals surface area contributed by atoms with Gasteiger partial charge in [-0.2, -0.15) is 5.26 Å². The molecule has 0 bridgehead atoms. The lowest BCUT2D eigenvalue weighted by Gasteiger charge is -2.19. The summed E-state index contributed by atoms with van der Waals surface area (Å²) >= 11 is 4.89. The Kier molecular flexibility index (Phi) is 3.56. The smallest absolute Gasteiger partial charge is 0.127 e. The minimum atomic E-state index is -0.408. The Morgan fingerprint density at radius 3 is 2.94 bits per heavy atom. The molecule has 2 rings (SSSR count). The van der Waals surface area contributed by atoms with Crippen molar-refractivity contribution in [2.24, 2.45) is 0 Å². The first-order valence-corrected chi connectivity index (χ1v) is 6.92. The second-order valence-corrected chi connectivity index (χ2v) is 6.36. The van der Waals surface area contributed by atoms with E-state index < -0.39 is 4.75 Å². The summed E-state index contributed by atoms with van der Waals surface area (Å²) in [4.78, 5) is 0. The molecule has 1 heterocycles. The molecule has 0 aliphatic carbocycles. The van der Waals surface area contributed by atoms with Crippen LogP contribution in [0.4, 0.5) is 4.39 Å². The average molecular weight is 300 g/mol. The Morgan fingerprint density at radius 1 is 1.56 bits per heavy atom. The highest BCUT2D eigenvalue weighted by atomic mass is 79.9. The van der Waals surface area contributed by atoms with Crippen LogP contribution in [0.15, 0.2) is 22.7 Å². The summed E-state index contributed by atoms with van der Waals surface area (Å²) in [5.41, 5.74) is 0.638. The zero-order chi connectivity index (χ0) is 11.6. The van der Waals surface area contributed by atoms with Gasteiger partial charge >= 0.3 is 0 Å². The van der Waals surface area contributed by atoms with Crippen LogP contribution >= 0.6 is 27.7 Å². The fourth-order valence-electron chi connectivity index (χ4n) is 1.94. The summed E-state index contributed by atoms with van der Waals surface area (Å²) in [6.07, 6.45) is 2.42. The predicted octanol–water partition coefficient (Wildman–Crippen LogP) is 3.92. The third-order valence-corrected chi connectivity index (χ3v) is 4.78. The summed E-state index contributed by atoms with van der Waals surface area (Å²) in [7, 11) is 0. The van der Waals surface area contributed by atoms with Crippen LogP contribution in [-0.2, 0) is 6.42 Å². The first kappa shape index (κ1) is 11.9. The van der Waals surface area contributed by atoms with Crippen molar-refractivity contribution >= 4 is 27.7 Å². The van der Waals surface area contributed by atoms with Gasteiger partial charge in [-0.05, 0) is 36.3 Å². The minimum Gasteiger partial charge on any atom is -0.207 e. The lowest BCUT2D eigenvalue weighted by molar-refractivity contribution is 0.587. The molecule has 16 heavy (non-hydrogen) atoms. The molecule has 1 aliphatic heterocycles. The Morgan fingerprint density at radius 2 is 2.38 bits per heavy atom. The number of thioether (sulfide) groups is 1. The summed E-state index contributed by atoms with van der Waals surface area (Å²) < 4.78 is 14.0. The molecule has 1 fully saturated rings. The van der Waals surface area contributed by atoms with E-state index in [1.165, 1.54) is 6.07 Å². The normalized spacial score (nSPS) is 24.3. The Bertz CT molecular complexity index is 435. The maximum absolute atomic E-state index is 13.7. The van der Waals surface area contributed by atoms with E-state index in [0.717, 1.165) is 23.1 Å². The molecule has 1 aliphatic rings. The maximum Gasteiger partial charge on any atom is 0.127 e. The molecule has 0 saturated carbocycles. The molecule has 0 radical (unpaired) electrons. The highest BCUT2D eigenvalue weighted by Gasteiger charge is 2.35. The molecule has 0 aromatic heterocycles. The second-order valence-electron chi connectivity index (χ2n) is 3.97. The molecule has 1 atom stereocenters. The van der Waals surface area contributed by atoms with Gasteiger partial charge in [0.2, 0.25) is 0 Å². The molecule has 0 amide bonds. The zero-order valence-corrected chi connectivity index (χ0v) is 11.1. The Balaban J connectivity index is 2.23. The van der Waals surface area contributed by atoms with Gasteiger partial charge in [-0.3, -0.25) is 0 Å². The summed E-state index contributed by atoms with van der Waals surface area (Å²) in [6.45, 7) is 0. The minimum absolute atomic E-state index is 0.225. The molecule has 84 valence electrons. The quantitative estimate of drug-likeness (QED) is 0.826. The van der Waals surface area contributed by atoms with E-state index in [4.69, 9.17) is 0 Å². The monoisotopic (exact) mass is 299 g/mol. The number of hydrogen-bond donors (Lipinski definition) is 0. The van der Waals surface area contributed by atoms with Gasteiger partial charge in [-0.1, -0.05) is 22.0 Å². The third-order valence-electron chi connectivity index (χ3n) is 2.80. The van der Waals surface area contributed by atoms with Gasteiger partial charge in [0.05, 0.1) is 6.07 Å². The molecule has 1 unspecified atom stereocenters. The fraction of sp³-hybridized carbons (Fsp3) is 0.417. The van der Waals surface area contributed by atoms with E-state index in [2.05, 4.69) is 22.0 Å². The largest absolute Gasteiger partial charge is 0.207 e. The fourth-order valence-corrected chi connectivity index (χ4v) is 3.56. The van der Waals surface area contributed by atoms with Crippen molar-refractivity contribution in [2.45, 2.75) is 24.0 Å². The van der Waals surface area contributed by atoms with Crippen LogP contribution in [0.3, 0.4) is 0 Å². The first-order chi connectivity index (χ1) is 7.65. The number of hydrogen-bond acceptors (Lipinski definition) is 2. The molecule has 1 aromatic carbocycles. The number of benzene rings is 1. The van der Waals surface area contributed by atoms with Gasteiger partial charge in [0, 0.05) is 10.9 Å². The lowest BCUT2D eigenvalue weighted by atomic mass is 9.95. The number of halogens is 2. The van der Waals surface area contributed by atoms with Crippen molar-refractivity contribution in [3.8, 4) is 6.07 Å². The number of rotatable bonds is 2. The Hall–Kier alpha value is -0.530. The van der Waals surface area contributed by atoms with Crippen LogP contribution in [0.2, 0.25) is 0 Å². The Labute approximate surface area is 107 Å². The predicted molar refractivity (Wildman–Crippen MR) is 67.8 cm³/mol. The van der Waals surface area contributed by atoms with Gasteiger partial charge in [0.15, 0.2) is 0 Å². The summed E-state index contributed by atoms with van der Waals surface area (Å²) in [5, 5.41) is 9.22. The van der Waals surface area contributed by atoms with Crippen molar-refractivity contribution in [3.05, 3.63) is 34.1 Å².